The van der Waals surface area contributed by atoms with E-state index in [-0.39, 0.29) is 22.8 Å². The molecule has 0 fully saturated rings. The van der Waals surface area contributed by atoms with Crippen LogP contribution in [0.1, 0.15) is 10.6 Å². The summed E-state index contributed by atoms with van der Waals surface area (Å²) in [6, 6.07) is 20.2. The van der Waals surface area contributed by atoms with Crippen LogP contribution < -0.4 is 4.74 Å². The first-order valence-corrected chi connectivity index (χ1v) is 5.50. The molecule has 0 saturated heterocycles. The summed E-state index contributed by atoms with van der Waals surface area (Å²) in [5.41, 5.74) is 0. The van der Waals surface area contributed by atoms with Crippen molar-refractivity contribution in [1.82, 2.24) is 0 Å². The fraction of sp³-hybridized carbons (Fsp3) is 0. The predicted octanol–water partition coefficient (Wildman–Crippen LogP) is 3.62. The average molecular weight is 296 g/mol. The normalized spacial score (nSPS) is 8.84. The van der Waals surface area contributed by atoms with Gasteiger partial charge in [-0.05, 0) is 12.1 Å². The quantitative estimate of drug-likeness (QED) is 0.412. The van der Waals surface area contributed by atoms with Gasteiger partial charge in [-0.25, -0.2) is 12.1 Å². The van der Waals surface area contributed by atoms with Crippen LogP contribution in [0.25, 0.3) is 0 Å². The zero-order valence-corrected chi connectivity index (χ0v) is 11.1. The number of carbonyl (C=O) groups excluding carboxylic acids is 1. The Bertz CT molecular complexity index is 519. The number of rotatable bonds is 2. The van der Waals surface area contributed by atoms with Crippen molar-refractivity contribution in [1.29, 1.82) is 0 Å². The second-order valence-electron chi connectivity index (χ2n) is 3.45. The van der Waals surface area contributed by atoms with Crippen LogP contribution in [0.4, 0.5) is 0 Å². The van der Waals surface area contributed by atoms with E-state index in [1.807, 2.05) is 30.3 Å². The number of furan rings is 1. The van der Waals surface area contributed by atoms with Crippen LogP contribution >= 0.6 is 0 Å². The molecule has 0 aliphatic heterocycles. The molecule has 1 aromatic heterocycles. The minimum Gasteiger partial charge on any atom is -0.512 e. The number of hydrogen-bond acceptors (Lipinski definition) is 3. The predicted molar refractivity (Wildman–Crippen MR) is 67.7 cm³/mol. The smallest absolute Gasteiger partial charge is 0.512 e. The first-order valence-electron chi connectivity index (χ1n) is 5.50. The molecule has 4 heteroatoms. The van der Waals surface area contributed by atoms with Gasteiger partial charge in [0.1, 0.15) is 0 Å². The van der Waals surface area contributed by atoms with Crippen molar-refractivity contribution >= 4 is 5.97 Å². The maximum absolute atomic E-state index is 11.3. The van der Waals surface area contributed by atoms with Crippen molar-refractivity contribution in [3.8, 4) is 5.75 Å². The summed E-state index contributed by atoms with van der Waals surface area (Å²) >= 11 is 0. The standard InChI is InChI=1S/C10H7O3.C5H5.Fe/c11-10(9-6-3-7-12-9)13-8-4-1-2-5-8;1-2-4-5-3-1;/h1-7H;1-5H;/q2*-1;+2. The van der Waals surface area contributed by atoms with Gasteiger partial charge in [0.25, 0.3) is 0 Å². The van der Waals surface area contributed by atoms with Gasteiger partial charge in [-0.15, -0.1) is 12.1 Å². The molecule has 0 spiro atoms. The molecule has 0 amide bonds. The summed E-state index contributed by atoms with van der Waals surface area (Å²) < 4.78 is 9.84. The summed E-state index contributed by atoms with van der Waals surface area (Å²) in [5, 5.41) is 0. The minimum absolute atomic E-state index is 0. The second kappa shape index (κ2) is 8.14. The van der Waals surface area contributed by atoms with Gasteiger partial charge in [0.15, 0.2) is 5.76 Å². The van der Waals surface area contributed by atoms with Gasteiger partial charge in [-0.1, -0.05) is 0 Å². The Labute approximate surface area is 122 Å². The van der Waals surface area contributed by atoms with Crippen molar-refractivity contribution in [2.45, 2.75) is 0 Å². The van der Waals surface area contributed by atoms with E-state index in [4.69, 9.17) is 9.15 Å². The zero-order chi connectivity index (χ0) is 12.6. The fourth-order valence-electron chi connectivity index (χ4n) is 1.30. The molecule has 0 saturated carbocycles. The first kappa shape index (κ1) is 15.0. The molecule has 3 rings (SSSR count). The SMILES string of the molecule is O=C(O[c-]1cccc1)c1ccco1.[Fe+2].c1cc[cH-]c1. The molecular formula is C15H12FeO3. The maximum Gasteiger partial charge on any atom is 2.00 e. The van der Waals surface area contributed by atoms with Crippen molar-refractivity contribution in [3.63, 3.8) is 0 Å². The Morgan fingerprint density at radius 2 is 1.79 bits per heavy atom. The summed E-state index contributed by atoms with van der Waals surface area (Å²) in [6.07, 6.45) is 1.43. The molecular weight excluding hydrogens is 284 g/mol. The van der Waals surface area contributed by atoms with E-state index >= 15 is 0 Å². The van der Waals surface area contributed by atoms with Crippen LogP contribution in [0, 0.1) is 0 Å². The Morgan fingerprint density at radius 3 is 2.26 bits per heavy atom. The average Bonchev–Trinajstić information content (AvgIpc) is 3.15. The Balaban J connectivity index is 0.000000256. The minimum atomic E-state index is -0.476. The molecule has 0 unspecified atom stereocenters. The Kier molecular flexibility index (Phi) is 6.44. The molecule has 3 nitrogen and oxygen atoms in total. The van der Waals surface area contributed by atoms with E-state index in [1.54, 1.807) is 36.4 Å². The van der Waals surface area contributed by atoms with Gasteiger partial charge in [0.05, 0.1) is 6.26 Å². The van der Waals surface area contributed by atoms with Crippen molar-refractivity contribution in [2.75, 3.05) is 0 Å². The molecule has 0 aliphatic rings. The van der Waals surface area contributed by atoms with E-state index in [0.717, 1.165) is 0 Å². The van der Waals surface area contributed by atoms with E-state index in [2.05, 4.69) is 0 Å². The summed E-state index contributed by atoms with van der Waals surface area (Å²) in [4.78, 5) is 11.3. The molecule has 0 atom stereocenters. The molecule has 0 N–H and O–H groups in total. The van der Waals surface area contributed by atoms with Gasteiger partial charge in [-0.3, -0.25) is 0 Å². The Hall–Kier alpha value is -2.03. The third kappa shape index (κ3) is 5.00. The van der Waals surface area contributed by atoms with E-state index in [1.165, 1.54) is 6.26 Å². The van der Waals surface area contributed by atoms with Crippen LogP contribution in [0.2, 0.25) is 0 Å². The Morgan fingerprint density at radius 1 is 1.11 bits per heavy atom. The summed E-state index contributed by atoms with van der Waals surface area (Å²) in [7, 11) is 0. The van der Waals surface area contributed by atoms with E-state index in [9.17, 15) is 4.79 Å². The first-order chi connectivity index (χ1) is 8.86. The number of esters is 1. The molecule has 0 aliphatic carbocycles. The zero-order valence-electron chi connectivity index (χ0n) is 10.0. The number of hydrogen-bond donors (Lipinski definition) is 0. The van der Waals surface area contributed by atoms with Crippen LogP contribution in [-0.2, 0) is 17.1 Å². The fourth-order valence-corrected chi connectivity index (χ4v) is 1.30. The number of carbonyl (C=O) groups is 1. The second-order valence-corrected chi connectivity index (χ2v) is 3.45. The van der Waals surface area contributed by atoms with Crippen LogP contribution in [0.5, 0.6) is 5.75 Å². The van der Waals surface area contributed by atoms with Gasteiger partial charge >= 0.3 is 23.0 Å². The van der Waals surface area contributed by atoms with E-state index < -0.39 is 5.97 Å². The van der Waals surface area contributed by atoms with Crippen LogP contribution in [-0.4, -0.2) is 5.97 Å². The monoisotopic (exact) mass is 296 g/mol. The largest absolute Gasteiger partial charge is 2.00 e. The molecule has 3 aromatic rings. The van der Waals surface area contributed by atoms with Crippen LogP contribution in [0.3, 0.4) is 0 Å². The molecule has 98 valence electrons. The van der Waals surface area contributed by atoms with Crippen molar-refractivity contribution in [2.24, 2.45) is 0 Å². The van der Waals surface area contributed by atoms with Gasteiger partial charge in [0.2, 0.25) is 0 Å². The molecule has 19 heavy (non-hydrogen) atoms. The molecule has 1 heterocycles. The van der Waals surface area contributed by atoms with Crippen LogP contribution in [0.15, 0.2) is 77.4 Å². The van der Waals surface area contributed by atoms with Crippen molar-refractivity contribution in [3.05, 3.63) is 78.8 Å². The van der Waals surface area contributed by atoms with Gasteiger partial charge in [-0.2, -0.15) is 30.3 Å². The van der Waals surface area contributed by atoms with Gasteiger partial charge < -0.3 is 13.9 Å². The van der Waals surface area contributed by atoms with Gasteiger partial charge in [0, 0.05) is 5.75 Å². The topological polar surface area (TPSA) is 39.4 Å². The molecule has 0 bridgehead atoms. The summed E-state index contributed by atoms with van der Waals surface area (Å²) in [5.74, 6) is 0.263. The van der Waals surface area contributed by atoms with Crippen molar-refractivity contribution < 1.29 is 31.0 Å². The third-order valence-electron chi connectivity index (χ3n) is 2.12. The molecule has 0 radical (unpaired) electrons. The van der Waals surface area contributed by atoms with E-state index in [0.29, 0.717) is 5.75 Å². The third-order valence-corrected chi connectivity index (χ3v) is 2.12. The summed E-state index contributed by atoms with van der Waals surface area (Å²) in [6.45, 7) is 0. The number of ether oxygens (including phenoxy) is 1. The maximum atomic E-state index is 11.3. The molecule has 2 aromatic carbocycles.